The van der Waals surface area contributed by atoms with Crippen LogP contribution in [0, 0.1) is 0 Å². The van der Waals surface area contributed by atoms with Crippen molar-refractivity contribution in [1.82, 2.24) is 9.71 Å². The van der Waals surface area contributed by atoms with Gasteiger partial charge in [0.2, 0.25) is 10.0 Å². The third-order valence-electron chi connectivity index (χ3n) is 4.66. The maximum absolute atomic E-state index is 12.7. The molecule has 2 N–H and O–H groups in total. The number of rotatable bonds is 8. The summed E-state index contributed by atoms with van der Waals surface area (Å²) in [6.07, 6.45) is 1.56. The van der Waals surface area contributed by atoms with Crippen molar-refractivity contribution in [2.24, 2.45) is 0 Å². The number of hydrogen-bond acceptors (Lipinski definition) is 5. The molecule has 0 bridgehead atoms. The Morgan fingerprint density at radius 3 is 2.53 bits per heavy atom. The van der Waals surface area contributed by atoms with Crippen LogP contribution in [0.4, 0.5) is 5.69 Å². The Morgan fingerprint density at radius 1 is 0.906 bits per heavy atom. The Hall–Kier alpha value is -3.75. The highest BCUT2D eigenvalue weighted by molar-refractivity contribution is 7.89. The van der Waals surface area contributed by atoms with E-state index in [9.17, 15) is 13.2 Å². The zero-order valence-corrected chi connectivity index (χ0v) is 17.9. The number of nitrogens with zero attached hydrogens (tertiary/aromatic N) is 1. The molecule has 8 heteroatoms. The molecule has 0 aliphatic carbocycles. The van der Waals surface area contributed by atoms with Gasteiger partial charge in [-0.3, -0.25) is 9.78 Å². The topological polar surface area (TPSA) is 97.4 Å². The number of carbonyl (C=O) groups excluding carboxylic acids is 1. The van der Waals surface area contributed by atoms with Gasteiger partial charge in [-0.25, -0.2) is 13.1 Å². The zero-order chi connectivity index (χ0) is 22.4. The fourth-order valence-electron chi connectivity index (χ4n) is 3.09. The van der Waals surface area contributed by atoms with Crippen LogP contribution in [-0.2, 0) is 10.0 Å². The normalized spacial score (nSPS) is 11.2. The molecule has 0 saturated heterocycles. The van der Waals surface area contributed by atoms with Crippen molar-refractivity contribution in [3.05, 3.63) is 96.7 Å². The van der Waals surface area contributed by atoms with Gasteiger partial charge in [-0.05, 0) is 42.5 Å². The van der Waals surface area contributed by atoms with Crippen molar-refractivity contribution in [2.45, 2.75) is 4.90 Å². The van der Waals surface area contributed by atoms with E-state index in [-0.39, 0.29) is 23.6 Å². The average molecular weight is 448 g/mol. The van der Waals surface area contributed by atoms with Gasteiger partial charge in [0.1, 0.15) is 12.4 Å². The Bertz CT molecular complexity index is 1340. The van der Waals surface area contributed by atoms with Gasteiger partial charge in [0, 0.05) is 17.5 Å². The van der Waals surface area contributed by atoms with E-state index in [1.165, 1.54) is 18.2 Å². The molecule has 0 aliphatic heterocycles. The first-order valence-corrected chi connectivity index (χ1v) is 11.4. The molecule has 162 valence electrons. The second-order valence-corrected chi connectivity index (χ2v) is 8.72. The number of anilines is 1. The molecule has 0 spiro atoms. The fourth-order valence-corrected chi connectivity index (χ4v) is 4.15. The number of hydrogen-bond donors (Lipinski definition) is 2. The first-order valence-electron chi connectivity index (χ1n) is 9.95. The van der Waals surface area contributed by atoms with Crippen molar-refractivity contribution in [3.8, 4) is 5.75 Å². The second kappa shape index (κ2) is 9.59. The number of para-hydroxylation sites is 2. The van der Waals surface area contributed by atoms with E-state index in [2.05, 4.69) is 15.0 Å². The number of fused-ring (bicyclic) bond motifs is 1. The van der Waals surface area contributed by atoms with E-state index >= 15 is 0 Å². The quantitative estimate of drug-likeness (QED) is 0.400. The lowest BCUT2D eigenvalue weighted by Crippen LogP contribution is -2.28. The number of ether oxygens (including phenoxy) is 1. The van der Waals surface area contributed by atoms with Crippen LogP contribution < -0.4 is 14.8 Å². The molecule has 0 radical (unpaired) electrons. The molecule has 0 fully saturated rings. The molecule has 1 amide bonds. The van der Waals surface area contributed by atoms with Crippen LogP contribution in [0.1, 0.15) is 10.4 Å². The Labute approximate surface area is 186 Å². The molecule has 0 atom stereocenters. The molecule has 7 nitrogen and oxygen atoms in total. The minimum absolute atomic E-state index is 0.00139. The molecule has 1 heterocycles. The lowest BCUT2D eigenvalue weighted by atomic mass is 10.2. The first kappa shape index (κ1) is 21.5. The molecular formula is C24H21N3O4S. The van der Waals surface area contributed by atoms with Gasteiger partial charge in [-0.2, -0.15) is 0 Å². The highest BCUT2D eigenvalue weighted by atomic mass is 32.2. The van der Waals surface area contributed by atoms with Gasteiger partial charge in [-0.1, -0.05) is 42.5 Å². The van der Waals surface area contributed by atoms with Crippen molar-refractivity contribution in [3.63, 3.8) is 0 Å². The summed E-state index contributed by atoms with van der Waals surface area (Å²) < 4.78 is 33.2. The van der Waals surface area contributed by atoms with E-state index in [4.69, 9.17) is 4.74 Å². The zero-order valence-electron chi connectivity index (χ0n) is 17.1. The van der Waals surface area contributed by atoms with Gasteiger partial charge in [0.05, 0.1) is 22.3 Å². The average Bonchev–Trinajstić information content (AvgIpc) is 2.82. The third kappa shape index (κ3) is 5.29. The number of sulfonamides is 1. The number of amides is 1. The number of aromatic nitrogens is 1. The minimum Gasteiger partial charge on any atom is -0.492 e. The molecular weight excluding hydrogens is 426 g/mol. The number of pyridine rings is 1. The summed E-state index contributed by atoms with van der Waals surface area (Å²) in [6, 6.07) is 24.4. The summed E-state index contributed by atoms with van der Waals surface area (Å²) in [5.41, 5.74) is 1.57. The molecule has 32 heavy (non-hydrogen) atoms. The number of benzene rings is 3. The number of carbonyl (C=O) groups is 1. The van der Waals surface area contributed by atoms with Gasteiger partial charge < -0.3 is 10.1 Å². The van der Waals surface area contributed by atoms with E-state index < -0.39 is 15.9 Å². The largest absolute Gasteiger partial charge is 0.492 e. The maximum Gasteiger partial charge on any atom is 0.255 e. The van der Waals surface area contributed by atoms with Gasteiger partial charge >= 0.3 is 0 Å². The van der Waals surface area contributed by atoms with Gasteiger partial charge in [-0.15, -0.1) is 0 Å². The Balaban J connectivity index is 1.40. The molecule has 0 aliphatic rings. The second-order valence-electron chi connectivity index (χ2n) is 6.96. The number of nitrogens with one attached hydrogen (secondary N) is 2. The molecule has 0 unspecified atom stereocenters. The van der Waals surface area contributed by atoms with E-state index in [0.29, 0.717) is 11.4 Å². The lowest BCUT2D eigenvalue weighted by Gasteiger charge is -2.10. The Morgan fingerprint density at radius 2 is 1.69 bits per heavy atom. The molecule has 3 aromatic carbocycles. The van der Waals surface area contributed by atoms with Crippen LogP contribution in [0.5, 0.6) is 5.75 Å². The van der Waals surface area contributed by atoms with Crippen LogP contribution in [0.3, 0.4) is 0 Å². The first-order chi connectivity index (χ1) is 15.5. The monoisotopic (exact) mass is 447 g/mol. The van der Waals surface area contributed by atoms with Gasteiger partial charge in [0.25, 0.3) is 5.91 Å². The summed E-state index contributed by atoms with van der Waals surface area (Å²) in [4.78, 5) is 17.0. The molecule has 4 aromatic rings. The van der Waals surface area contributed by atoms with E-state index in [1.54, 1.807) is 24.4 Å². The van der Waals surface area contributed by atoms with Crippen LogP contribution in [0.15, 0.2) is 96.0 Å². The highest BCUT2D eigenvalue weighted by Gasteiger charge is 2.16. The lowest BCUT2D eigenvalue weighted by molar-refractivity contribution is 0.102. The highest BCUT2D eigenvalue weighted by Crippen LogP contribution is 2.18. The summed E-state index contributed by atoms with van der Waals surface area (Å²) in [6.45, 7) is 0.273. The van der Waals surface area contributed by atoms with E-state index in [1.807, 2.05) is 48.5 Å². The fraction of sp³-hybridized carbons (Fsp3) is 0.0833. The van der Waals surface area contributed by atoms with Crippen LogP contribution >= 0.6 is 0 Å². The molecule has 1 aromatic heterocycles. The van der Waals surface area contributed by atoms with Crippen LogP contribution in [-0.4, -0.2) is 32.5 Å². The van der Waals surface area contributed by atoms with Crippen molar-refractivity contribution >= 4 is 32.5 Å². The summed E-state index contributed by atoms with van der Waals surface area (Å²) in [5.74, 6) is 0.236. The maximum atomic E-state index is 12.7. The van der Waals surface area contributed by atoms with Gasteiger partial charge in [0.15, 0.2) is 0 Å². The van der Waals surface area contributed by atoms with Crippen molar-refractivity contribution in [2.75, 3.05) is 18.5 Å². The Kier molecular flexibility index (Phi) is 6.44. The third-order valence-corrected chi connectivity index (χ3v) is 6.12. The predicted octanol–water partition coefficient (Wildman–Crippen LogP) is 3.84. The SMILES string of the molecule is O=C(Nc1cnc2ccccc2c1)c1cccc(S(=O)(=O)NCCOc2ccccc2)c1. The predicted molar refractivity (Wildman–Crippen MR) is 123 cm³/mol. The smallest absolute Gasteiger partial charge is 0.255 e. The minimum atomic E-state index is -3.79. The van der Waals surface area contributed by atoms with Crippen LogP contribution in [0.25, 0.3) is 10.9 Å². The summed E-state index contributed by atoms with van der Waals surface area (Å²) in [7, 11) is -3.79. The van der Waals surface area contributed by atoms with E-state index in [0.717, 1.165) is 10.9 Å². The summed E-state index contributed by atoms with van der Waals surface area (Å²) >= 11 is 0. The molecule has 0 saturated carbocycles. The molecule has 4 rings (SSSR count). The van der Waals surface area contributed by atoms with Crippen molar-refractivity contribution < 1.29 is 17.9 Å². The van der Waals surface area contributed by atoms with Crippen LogP contribution in [0.2, 0.25) is 0 Å². The summed E-state index contributed by atoms with van der Waals surface area (Å²) in [5, 5.41) is 3.65. The standard InChI is InChI=1S/C24H21N3O4S/c28-24(27-20-15-18-7-4-5-12-23(18)25-17-20)19-8-6-11-22(16-19)32(29,30)26-13-14-31-21-9-2-1-3-10-21/h1-12,15-17,26H,13-14H2,(H,27,28). The van der Waals surface area contributed by atoms with Crippen molar-refractivity contribution in [1.29, 1.82) is 0 Å².